The summed E-state index contributed by atoms with van der Waals surface area (Å²) in [5, 5.41) is 3.55. The highest BCUT2D eigenvalue weighted by Crippen LogP contribution is 2.29. The first-order valence-electron chi connectivity index (χ1n) is 4.18. The average molecular weight is 162 g/mol. The molecule has 2 atom stereocenters. The molecule has 0 spiro atoms. The minimum Gasteiger partial charge on any atom is -0.314 e. The molecule has 2 aliphatic rings. The highest BCUT2D eigenvalue weighted by atomic mass is 35.5. The lowest BCUT2D eigenvalue weighted by Crippen LogP contribution is -2.40. The minimum atomic E-state index is 0. The van der Waals surface area contributed by atoms with Gasteiger partial charge >= 0.3 is 0 Å². The van der Waals surface area contributed by atoms with Crippen molar-refractivity contribution in [2.45, 2.75) is 38.1 Å². The highest BCUT2D eigenvalue weighted by Gasteiger charge is 2.24. The zero-order chi connectivity index (χ0) is 6.10. The molecule has 0 amide bonds. The van der Waals surface area contributed by atoms with Crippen molar-refractivity contribution in [1.29, 1.82) is 0 Å². The van der Waals surface area contributed by atoms with Crippen LogP contribution in [0.1, 0.15) is 32.1 Å². The van der Waals surface area contributed by atoms with Crippen LogP contribution in [0.15, 0.2) is 0 Å². The number of hydrogen-bond donors (Lipinski definition) is 1. The Morgan fingerprint density at radius 3 is 2.70 bits per heavy atom. The zero-order valence-corrected chi connectivity index (χ0v) is 7.12. The zero-order valence-electron chi connectivity index (χ0n) is 6.31. The summed E-state index contributed by atoms with van der Waals surface area (Å²) in [6.07, 6.45) is 7.34. The number of piperidine rings is 1. The molecule has 2 fully saturated rings. The van der Waals surface area contributed by atoms with Crippen LogP contribution in [0.5, 0.6) is 0 Å². The maximum absolute atomic E-state index is 3.55. The third kappa shape index (κ3) is 1.64. The second kappa shape index (κ2) is 3.59. The Labute approximate surface area is 69.0 Å². The lowest BCUT2D eigenvalue weighted by Gasteiger charge is -2.34. The van der Waals surface area contributed by atoms with Crippen LogP contribution in [0.3, 0.4) is 0 Å². The van der Waals surface area contributed by atoms with Crippen LogP contribution in [0.4, 0.5) is 0 Å². The summed E-state index contributed by atoms with van der Waals surface area (Å²) < 4.78 is 0. The predicted octanol–water partition coefficient (Wildman–Crippen LogP) is 1.96. The third-order valence-electron chi connectivity index (χ3n) is 2.77. The SMILES string of the molecule is C1C[C@H]2CCN[C@H](C1)C2.Cl. The van der Waals surface area contributed by atoms with Crippen LogP contribution >= 0.6 is 12.4 Å². The average Bonchev–Trinajstić information content (AvgIpc) is 1.88. The van der Waals surface area contributed by atoms with Gasteiger partial charge in [0, 0.05) is 6.04 Å². The summed E-state index contributed by atoms with van der Waals surface area (Å²) in [7, 11) is 0. The molecule has 10 heavy (non-hydrogen) atoms. The van der Waals surface area contributed by atoms with Gasteiger partial charge in [-0.3, -0.25) is 0 Å². The Kier molecular flexibility index (Phi) is 2.99. The molecule has 1 N–H and O–H groups in total. The van der Waals surface area contributed by atoms with E-state index in [9.17, 15) is 0 Å². The van der Waals surface area contributed by atoms with Crippen LogP contribution in [0.2, 0.25) is 0 Å². The van der Waals surface area contributed by atoms with E-state index in [1.54, 1.807) is 0 Å². The van der Waals surface area contributed by atoms with Crippen molar-refractivity contribution in [3.63, 3.8) is 0 Å². The fraction of sp³-hybridized carbons (Fsp3) is 1.00. The Bertz CT molecular complexity index is 85.4. The fourth-order valence-electron chi connectivity index (χ4n) is 2.23. The van der Waals surface area contributed by atoms with E-state index in [-0.39, 0.29) is 12.4 Å². The monoisotopic (exact) mass is 161 g/mol. The van der Waals surface area contributed by atoms with Gasteiger partial charge in [0.05, 0.1) is 0 Å². The van der Waals surface area contributed by atoms with E-state index < -0.39 is 0 Å². The molecule has 0 aromatic carbocycles. The van der Waals surface area contributed by atoms with Gasteiger partial charge in [-0.1, -0.05) is 12.8 Å². The van der Waals surface area contributed by atoms with Gasteiger partial charge in [-0.2, -0.15) is 0 Å². The molecular weight excluding hydrogens is 146 g/mol. The topological polar surface area (TPSA) is 12.0 Å². The molecule has 1 nitrogen and oxygen atoms in total. The Hall–Kier alpha value is 0.250. The van der Waals surface area contributed by atoms with Gasteiger partial charge in [-0.25, -0.2) is 0 Å². The Balaban J connectivity index is 0.000000500. The van der Waals surface area contributed by atoms with Crippen molar-refractivity contribution in [1.82, 2.24) is 5.32 Å². The van der Waals surface area contributed by atoms with E-state index in [4.69, 9.17) is 0 Å². The first-order valence-corrected chi connectivity index (χ1v) is 4.18. The van der Waals surface area contributed by atoms with E-state index >= 15 is 0 Å². The minimum absolute atomic E-state index is 0. The second-order valence-electron chi connectivity index (χ2n) is 3.47. The largest absolute Gasteiger partial charge is 0.314 e. The molecule has 1 aliphatic heterocycles. The van der Waals surface area contributed by atoms with Crippen LogP contribution in [0, 0.1) is 5.92 Å². The number of rotatable bonds is 0. The van der Waals surface area contributed by atoms with Gasteiger partial charge in [-0.15, -0.1) is 12.4 Å². The van der Waals surface area contributed by atoms with Crippen LogP contribution in [0.25, 0.3) is 0 Å². The van der Waals surface area contributed by atoms with Gasteiger partial charge in [0.1, 0.15) is 0 Å². The summed E-state index contributed by atoms with van der Waals surface area (Å²) in [6, 6.07) is 0.900. The van der Waals surface area contributed by atoms with Gasteiger partial charge in [0.2, 0.25) is 0 Å². The lowest BCUT2D eigenvalue weighted by atomic mass is 9.81. The summed E-state index contributed by atoms with van der Waals surface area (Å²) in [5.41, 5.74) is 0. The molecule has 1 heterocycles. The van der Waals surface area contributed by atoms with Crippen LogP contribution in [-0.2, 0) is 0 Å². The van der Waals surface area contributed by atoms with E-state index in [1.165, 1.54) is 38.6 Å². The first kappa shape index (κ1) is 8.35. The van der Waals surface area contributed by atoms with E-state index in [1.807, 2.05) is 0 Å². The Morgan fingerprint density at radius 2 is 2.00 bits per heavy atom. The fourth-order valence-corrected chi connectivity index (χ4v) is 2.23. The molecule has 1 aliphatic carbocycles. The van der Waals surface area contributed by atoms with Gasteiger partial charge in [0.25, 0.3) is 0 Å². The molecular formula is C8H16ClN. The van der Waals surface area contributed by atoms with E-state index in [2.05, 4.69) is 5.32 Å². The molecule has 1 saturated heterocycles. The van der Waals surface area contributed by atoms with Crippen molar-refractivity contribution in [3.8, 4) is 0 Å². The van der Waals surface area contributed by atoms with E-state index in [0.717, 1.165) is 12.0 Å². The summed E-state index contributed by atoms with van der Waals surface area (Å²) >= 11 is 0. The number of hydrogen-bond acceptors (Lipinski definition) is 1. The molecule has 0 radical (unpaired) electrons. The highest BCUT2D eigenvalue weighted by molar-refractivity contribution is 5.85. The molecule has 0 unspecified atom stereocenters. The molecule has 2 heteroatoms. The van der Waals surface area contributed by atoms with Gasteiger partial charge < -0.3 is 5.32 Å². The standard InChI is InChI=1S/C8H15N.ClH/c1-2-7-4-5-9-8(3-1)6-7;/h7-9H,1-6H2;1H/t7-,8+;/m0./s1. The maximum atomic E-state index is 3.55. The third-order valence-corrected chi connectivity index (χ3v) is 2.77. The normalized spacial score (nSPS) is 38.4. The van der Waals surface area contributed by atoms with E-state index in [0.29, 0.717) is 0 Å². The summed E-state index contributed by atoms with van der Waals surface area (Å²) in [6.45, 7) is 1.29. The quantitative estimate of drug-likeness (QED) is 0.573. The lowest BCUT2D eigenvalue weighted by molar-refractivity contribution is 0.225. The number of nitrogens with one attached hydrogen (secondary N) is 1. The van der Waals surface area contributed by atoms with Crippen molar-refractivity contribution >= 4 is 12.4 Å². The summed E-state index contributed by atoms with van der Waals surface area (Å²) in [4.78, 5) is 0. The van der Waals surface area contributed by atoms with Crippen LogP contribution < -0.4 is 5.32 Å². The smallest absolute Gasteiger partial charge is 0.00697 e. The number of fused-ring (bicyclic) bond motifs is 2. The van der Waals surface area contributed by atoms with Crippen LogP contribution in [-0.4, -0.2) is 12.6 Å². The molecule has 1 saturated carbocycles. The van der Waals surface area contributed by atoms with Crippen molar-refractivity contribution < 1.29 is 0 Å². The second-order valence-corrected chi connectivity index (χ2v) is 3.47. The molecule has 2 bridgehead atoms. The molecule has 60 valence electrons. The van der Waals surface area contributed by atoms with Gasteiger partial charge in [-0.05, 0) is 31.7 Å². The number of halogens is 1. The Morgan fingerprint density at radius 1 is 1.10 bits per heavy atom. The molecule has 2 rings (SSSR count). The van der Waals surface area contributed by atoms with Crippen molar-refractivity contribution in [2.24, 2.45) is 5.92 Å². The van der Waals surface area contributed by atoms with Crippen molar-refractivity contribution in [2.75, 3.05) is 6.54 Å². The molecule has 0 aromatic heterocycles. The maximum Gasteiger partial charge on any atom is 0.00697 e. The molecule has 0 aromatic rings. The summed E-state index contributed by atoms with van der Waals surface area (Å²) in [5.74, 6) is 1.09. The van der Waals surface area contributed by atoms with Crippen molar-refractivity contribution in [3.05, 3.63) is 0 Å². The first-order chi connectivity index (χ1) is 4.45. The predicted molar refractivity (Wildman–Crippen MR) is 45.6 cm³/mol. The van der Waals surface area contributed by atoms with Gasteiger partial charge in [0.15, 0.2) is 0 Å².